The molecule has 2 heterocycles. The molecular formula is C15H16N2O4S. The van der Waals surface area contributed by atoms with Gasteiger partial charge >= 0.3 is 0 Å². The van der Waals surface area contributed by atoms with Crippen LogP contribution in [-0.2, 0) is 10.0 Å². The van der Waals surface area contributed by atoms with Gasteiger partial charge in [0.15, 0.2) is 0 Å². The second-order valence-electron chi connectivity index (χ2n) is 5.05. The van der Waals surface area contributed by atoms with Crippen LogP contribution in [0, 0.1) is 0 Å². The van der Waals surface area contributed by atoms with E-state index < -0.39 is 16.1 Å². The largest absolute Gasteiger partial charge is 0.497 e. The third-order valence-corrected chi connectivity index (χ3v) is 4.50. The molecule has 22 heavy (non-hydrogen) atoms. The minimum Gasteiger partial charge on any atom is -0.497 e. The summed E-state index contributed by atoms with van der Waals surface area (Å²) in [5, 5.41) is 4.29. The summed E-state index contributed by atoms with van der Waals surface area (Å²) in [4.78, 5) is 0. The maximum absolute atomic E-state index is 12.0. The van der Waals surface area contributed by atoms with Gasteiger partial charge in [-0.15, -0.1) is 0 Å². The fraction of sp³-hybridized carbons (Fsp3) is 0.267. The van der Waals surface area contributed by atoms with Gasteiger partial charge in [0.1, 0.15) is 17.6 Å². The van der Waals surface area contributed by atoms with Crippen molar-refractivity contribution in [3.63, 3.8) is 0 Å². The highest BCUT2D eigenvalue weighted by Crippen LogP contribution is 2.35. The molecule has 2 aromatic rings. The topological polar surface area (TPSA) is 72.1 Å². The first kappa shape index (κ1) is 14.6. The van der Waals surface area contributed by atoms with Gasteiger partial charge in [0.2, 0.25) is 10.0 Å². The maximum Gasteiger partial charge on any atom is 0.247 e. The number of nitrogens with zero attached hydrogens (tertiary/aromatic N) is 2. The molecule has 0 radical (unpaired) electrons. The number of hydrogen-bond donors (Lipinski definition) is 0. The minimum absolute atomic E-state index is 0.452. The van der Waals surface area contributed by atoms with Crippen LogP contribution in [0.5, 0.6) is 5.75 Å². The van der Waals surface area contributed by atoms with E-state index in [2.05, 4.69) is 5.10 Å². The first-order valence-electron chi connectivity index (χ1n) is 6.74. The van der Waals surface area contributed by atoms with Crippen molar-refractivity contribution >= 4 is 15.7 Å². The summed E-state index contributed by atoms with van der Waals surface area (Å²) >= 11 is 0. The summed E-state index contributed by atoms with van der Waals surface area (Å²) in [6.45, 7) is 0. The molecule has 0 amide bonds. The van der Waals surface area contributed by atoms with Crippen molar-refractivity contribution in [2.24, 2.45) is 5.10 Å². The SMILES string of the molecule is COc1cccc(C2=NN(S(C)(=O)=O)C(c3ccco3)C2)c1. The Morgan fingerprint density at radius 2 is 2.14 bits per heavy atom. The third-order valence-electron chi connectivity index (χ3n) is 3.49. The van der Waals surface area contributed by atoms with E-state index >= 15 is 0 Å². The van der Waals surface area contributed by atoms with E-state index in [9.17, 15) is 8.42 Å². The fourth-order valence-electron chi connectivity index (χ4n) is 2.46. The normalized spacial score (nSPS) is 18.4. The molecule has 1 aromatic carbocycles. The van der Waals surface area contributed by atoms with Gasteiger partial charge < -0.3 is 9.15 Å². The van der Waals surface area contributed by atoms with Crippen molar-refractivity contribution in [2.45, 2.75) is 12.5 Å². The number of benzene rings is 1. The standard InChI is InChI=1S/C15H16N2O4S/c1-20-12-6-3-5-11(9-12)13-10-14(15-7-4-8-21-15)17(16-13)22(2,18)19/h3-9,14H,10H2,1-2H3. The number of ether oxygens (including phenoxy) is 1. The predicted molar refractivity (Wildman–Crippen MR) is 82.3 cm³/mol. The Bertz CT molecular complexity index is 797. The fourth-order valence-corrected chi connectivity index (χ4v) is 3.35. The first-order valence-corrected chi connectivity index (χ1v) is 8.58. The van der Waals surface area contributed by atoms with Crippen LogP contribution in [0.3, 0.4) is 0 Å². The number of hydrogen-bond acceptors (Lipinski definition) is 5. The van der Waals surface area contributed by atoms with Crippen LogP contribution in [0.25, 0.3) is 0 Å². The van der Waals surface area contributed by atoms with E-state index in [1.807, 2.05) is 24.3 Å². The molecule has 0 bridgehead atoms. The summed E-state index contributed by atoms with van der Waals surface area (Å²) in [5.74, 6) is 1.28. The highest BCUT2D eigenvalue weighted by molar-refractivity contribution is 7.88. The van der Waals surface area contributed by atoms with Gasteiger partial charge in [0, 0.05) is 12.0 Å². The molecule has 6 nitrogen and oxygen atoms in total. The van der Waals surface area contributed by atoms with E-state index in [0.717, 1.165) is 16.2 Å². The molecule has 7 heteroatoms. The summed E-state index contributed by atoms with van der Waals surface area (Å²) in [7, 11) is -1.89. The van der Waals surface area contributed by atoms with Gasteiger partial charge in [-0.05, 0) is 24.3 Å². The number of rotatable bonds is 4. The number of furan rings is 1. The average Bonchev–Trinajstić information content (AvgIpc) is 3.15. The Hall–Kier alpha value is -2.28. The molecule has 1 atom stereocenters. The molecule has 3 rings (SSSR count). The zero-order valence-corrected chi connectivity index (χ0v) is 13.1. The van der Waals surface area contributed by atoms with Crippen LogP contribution >= 0.6 is 0 Å². The molecule has 1 aromatic heterocycles. The molecule has 0 saturated heterocycles. The number of hydrazone groups is 1. The highest BCUT2D eigenvalue weighted by atomic mass is 32.2. The Kier molecular flexibility index (Phi) is 3.66. The average molecular weight is 320 g/mol. The first-order chi connectivity index (χ1) is 10.5. The van der Waals surface area contributed by atoms with E-state index in [1.54, 1.807) is 19.2 Å². The molecule has 1 aliphatic heterocycles. The van der Waals surface area contributed by atoms with Crippen molar-refractivity contribution in [1.29, 1.82) is 0 Å². The lowest BCUT2D eigenvalue weighted by Gasteiger charge is -2.18. The second kappa shape index (κ2) is 5.49. The zero-order chi connectivity index (χ0) is 15.7. The van der Waals surface area contributed by atoms with Crippen molar-refractivity contribution in [1.82, 2.24) is 4.41 Å². The Labute approximate surface area is 129 Å². The lowest BCUT2D eigenvalue weighted by Crippen LogP contribution is -2.25. The molecule has 0 N–H and O–H groups in total. The molecule has 1 unspecified atom stereocenters. The van der Waals surface area contributed by atoms with Gasteiger partial charge in [-0.2, -0.15) is 9.52 Å². The van der Waals surface area contributed by atoms with E-state index in [4.69, 9.17) is 9.15 Å². The van der Waals surface area contributed by atoms with Gasteiger partial charge in [-0.3, -0.25) is 0 Å². The smallest absolute Gasteiger partial charge is 0.247 e. The van der Waals surface area contributed by atoms with E-state index in [0.29, 0.717) is 23.6 Å². The molecule has 1 aliphatic rings. The monoisotopic (exact) mass is 320 g/mol. The maximum atomic E-state index is 12.0. The third kappa shape index (κ3) is 2.71. The molecular weight excluding hydrogens is 304 g/mol. The van der Waals surface area contributed by atoms with Crippen molar-refractivity contribution in [3.8, 4) is 5.75 Å². The summed E-state index contributed by atoms with van der Waals surface area (Å²) in [5.41, 5.74) is 1.52. The Balaban J connectivity index is 2.00. The summed E-state index contributed by atoms with van der Waals surface area (Å²) < 4.78 is 35.7. The van der Waals surface area contributed by atoms with Gasteiger partial charge in [0.05, 0.1) is 25.3 Å². The van der Waals surface area contributed by atoms with Crippen molar-refractivity contribution < 1.29 is 17.6 Å². The van der Waals surface area contributed by atoms with Gasteiger partial charge in [-0.25, -0.2) is 8.42 Å². The molecule has 0 saturated carbocycles. The van der Waals surface area contributed by atoms with Crippen molar-refractivity contribution in [2.75, 3.05) is 13.4 Å². The van der Waals surface area contributed by atoms with Crippen LogP contribution in [0.1, 0.15) is 23.8 Å². The molecule has 0 spiro atoms. The van der Waals surface area contributed by atoms with E-state index in [1.165, 1.54) is 6.26 Å². The second-order valence-corrected chi connectivity index (χ2v) is 6.89. The lowest BCUT2D eigenvalue weighted by atomic mass is 10.0. The molecule has 116 valence electrons. The predicted octanol–water partition coefficient (Wildman–Crippen LogP) is 2.40. The molecule has 0 fully saturated rings. The van der Waals surface area contributed by atoms with Crippen LogP contribution in [-0.4, -0.2) is 31.9 Å². The van der Waals surface area contributed by atoms with Gasteiger partial charge in [-0.1, -0.05) is 12.1 Å². The summed E-state index contributed by atoms with van der Waals surface area (Å²) in [6, 6.07) is 10.4. The highest BCUT2D eigenvalue weighted by Gasteiger charge is 2.36. The van der Waals surface area contributed by atoms with Crippen LogP contribution in [0.4, 0.5) is 0 Å². The lowest BCUT2D eigenvalue weighted by molar-refractivity contribution is 0.322. The summed E-state index contributed by atoms with van der Waals surface area (Å²) in [6.07, 6.45) is 3.12. The van der Waals surface area contributed by atoms with Gasteiger partial charge in [0.25, 0.3) is 0 Å². The van der Waals surface area contributed by atoms with Crippen LogP contribution in [0.15, 0.2) is 52.2 Å². The van der Waals surface area contributed by atoms with Crippen molar-refractivity contribution in [3.05, 3.63) is 54.0 Å². The number of methoxy groups -OCH3 is 1. The number of sulfonamides is 1. The minimum atomic E-state index is -3.48. The quantitative estimate of drug-likeness (QED) is 0.867. The Morgan fingerprint density at radius 3 is 2.77 bits per heavy atom. The van der Waals surface area contributed by atoms with E-state index in [-0.39, 0.29) is 0 Å². The molecule has 0 aliphatic carbocycles. The van der Waals surface area contributed by atoms with Crippen LogP contribution in [0.2, 0.25) is 0 Å². The Morgan fingerprint density at radius 1 is 1.32 bits per heavy atom. The zero-order valence-electron chi connectivity index (χ0n) is 12.3. The van der Waals surface area contributed by atoms with Crippen LogP contribution < -0.4 is 4.74 Å².